The van der Waals surface area contributed by atoms with Crippen molar-refractivity contribution in [3.63, 3.8) is 0 Å². The minimum atomic E-state index is -1.03. The summed E-state index contributed by atoms with van der Waals surface area (Å²) in [6.07, 6.45) is 0. The molecule has 33 heavy (non-hydrogen) atoms. The van der Waals surface area contributed by atoms with Crippen LogP contribution in [0.15, 0.2) is 82.0 Å². The molecule has 1 unspecified atom stereocenters. The van der Waals surface area contributed by atoms with Gasteiger partial charge in [0.1, 0.15) is 11.4 Å². The summed E-state index contributed by atoms with van der Waals surface area (Å²) < 4.78 is 25.8. The molecule has 2 heterocycles. The average Bonchev–Trinajstić information content (AvgIpc) is 3.12. The van der Waals surface area contributed by atoms with E-state index in [-0.39, 0.29) is 34.5 Å². The quantitative estimate of drug-likeness (QED) is 0.421. The standard InChI is InChI=1S/C26H18FNO5/c1-2-32-26(31)15-11-13-16(14-12-15)28-22(17-7-3-5-9-19(17)27)21-23(29)18-8-4-6-10-20(18)33-24(21)25(28)30/h3-14,22H,2H2,1H3. The first-order chi connectivity index (χ1) is 16.0. The second kappa shape index (κ2) is 8.02. The molecule has 0 N–H and O–H groups in total. The first kappa shape index (κ1) is 20.6. The third-order valence-electron chi connectivity index (χ3n) is 5.63. The van der Waals surface area contributed by atoms with Crippen LogP contribution in [0.25, 0.3) is 11.0 Å². The predicted octanol–water partition coefficient (Wildman–Crippen LogP) is 4.86. The van der Waals surface area contributed by atoms with Crippen LogP contribution in [0.5, 0.6) is 0 Å². The molecule has 0 bridgehead atoms. The number of nitrogens with zero attached hydrogens (tertiary/aromatic N) is 1. The number of hydrogen-bond acceptors (Lipinski definition) is 5. The molecule has 0 radical (unpaired) electrons. The van der Waals surface area contributed by atoms with Crippen molar-refractivity contribution in [2.75, 3.05) is 11.5 Å². The summed E-state index contributed by atoms with van der Waals surface area (Å²) in [6, 6.07) is 17.8. The monoisotopic (exact) mass is 443 g/mol. The van der Waals surface area contributed by atoms with Crippen molar-refractivity contribution >= 4 is 28.5 Å². The number of amides is 1. The summed E-state index contributed by atoms with van der Waals surface area (Å²) in [4.78, 5) is 40.3. The molecular weight excluding hydrogens is 425 g/mol. The molecule has 6 nitrogen and oxygen atoms in total. The molecule has 1 amide bonds. The summed E-state index contributed by atoms with van der Waals surface area (Å²) in [6.45, 7) is 1.94. The topological polar surface area (TPSA) is 76.8 Å². The summed E-state index contributed by atoms with van der Waals surface area (Å²) in [5.74, 6) is -1.73. The molecule has 0 saturated heterocycles. The van der Waals surface area contributed by atoms with E-state index in [0.29, 0.717) is 16.6 Å². The third kappa shape index (κ3) is 3.29. The number of carbonyl (C=O) groups is 2. The zero-order chi connectivity index (χ0) is 23.1. The fraction of sp³-hybridized carbons (Fsp3) is 0.115. The lowest BCUT2D eigenvalue weighted by Gasteiger charge is -2.25. The Balaban J connectivity index is 1.72. The van der Waals surface area contributed by atoms with Crippen LogP contribution < -0.4 is 10.3 Å². The molecule has 0 saturated carbocycles. The number of fused-ring (bicyclic) bond motifs is 2. The van der Waals surface area contributed by atoms with Gasteiger partial charge < -0.3 is 9.15 Å². The highest BCUT2D eigenvalue weighted by Gasteiger charge is 2.44. The van der Waals surface area contributed by atoms with Gasteiger partial charge in [0, 0.05) is 11.3 Å². The van der Waals surface area contributed by atoms with Gasteiger partial charge in [0.05, 0.1) is 29.2 Å². The Bertz CT molecular complexity index is 1460. The Hall–Kier alpha value is -4.26. The molecule has 5 rings (SSSR count). The Morgan fingerprint density at radius 3 is 2.42 bits per heavy atom. The van der Waals surface area contributed by atoms with Gasteiger partial charge in [0.2, 0.25) is 5.76 Å². The van der Waals surface area contributed by atoms with E-state index >= 15 is 0 Å². The number of hydrogen-bond donors (Lipinski definition) is 0. The summed E-state index contributed by atoms with van der Waals surface area (Å²) >= 11 is 0. The zero-order valence-corrected chi connectivity index (χ0v) is 17.6. The minimum absolute atomic E-state index is 0.0817. The summed E-state index contributed by atoms with van der Waals surface area (Å²) in [5, 5.41) is 0.310. The molecule has 4 aromatic rings. The van der Waals surface area contributed by atoms with Gasteiger partial charge in [0.25, 0.3) is 5.91 Å². The largest absolute Gasteiger partial charge is 0.462 e. The van der Waals surface area contributed by atoms with Gasteiger partial charge in [-0.1, -0.05) is 30.3 Å². The van der Waals surface area contributed by atoms with Crippen molar-refractivity contribution in [3.05, 3.63) is 111 Å². The number of anilines is 1. The van der Waals surface area contributed by atoms with Gasteiger partial charge in [-0.2, -0.15) is 0 Å². The average molecular weight is 443 g/mol. The fourth-order valence-electron chi connectivity index (χ4n) is 4.15. The van der Waals surface area contributed by atoms with Crippen LogP contribution >= 0.6 is 0 Å². The number of carbonyl (C=O) groups excluding carboxylic acids is 2. The molecular formula is C26H18FNO5. The molecule has 0 spiro atoms. The van der Waals surface area contributed by atoms with E-state index in [1.54, 1.807) is 49.4 Å². The van der Waals surface area contributed by atoms with E-state index in [1.165, 1.54) is 35.2 Å². The van der Waals surface area contributed by atoms with E-state index in [1.807, 2.05) is 0 Å². The highest BCUT2D eigenvalue weighted by Crippen LogP contribution is 2.41. The van der Waals surface area contributed by atoms with Crippen molar-refractivity contribution in [2.24, 2.45) is 0 Å². The van der Waals surface area contributed by atoms with Crippen molar-refractivity contribution in [3.8, 4) is 0 Å². The van der Waals surface area contributed by atoms with Crippen LogP contribution in [0.2, 0.25) is 0 Å². The molecule has 7 heteroatoms. The van der Waals surface area contributed by atoms with Crippen molar-refractivity contribution in [1.29, 1.82) is 0 Å². The second-order valence-electron chi connectivity index (χ2n) is 7.54. The lowest BCUT2D eigenvalue weighted by atomic mass is 9.97. The molecule has 1 aliphatic rings. The highest BCUT2D eigenvalue weighted by atomic mass is 19.1. The van der Waals surface area contributed by atoms with Crippen molar-refractivity contribution < 1.29 is 23.1 Å². The molecule has 1 aliphatic heterocycles. The Labute approximate surface area is 187 Å². The van der Waals surface area contributed by atoms with Crippen LogP contribution in [0.3, 0.4) is 0 Å². The minimum Gasteiger partial charge on any atom is -0.462 e. The number of esters is 1. The van der Waals surface area contributed by atoms with E-state index in [0.717, 1.165) is 0 Å². The number of ether oxygens (including phenoxy) is 1. The predicted molar refractivity (Wildman–Crippen MR) is 120 cm³/mol. The second-order valence-corrected chi connectivity index (χ2v) is 7.54. The number of para-hydroxylation sites is 1. The molecule has 0 fully saturated rings. The number of halogens is 1. The van der Waals surface area contributed by atoms with Gasteiger partial charge >= 0.3 is 5.97 Å². The molecule has 164 valence electrons. The fourth-order valence-corrected chi connectivity index (χ4v) is 4.15. The van der Waals surface area contributed by atoms with Crippen LogP contribution in [-0.2, 0) is 4.74 Å². The van der Waals surface area contributed by atoms with Gasteiger partial charge in [-0.15, -0.1) is 0 Å². The summed E-state index contributed by atoms with van der Waals surface area (Å²) in [7, 11) is 0. The molecule has 1 aromatic heterocycles. The van der Waals surface area contributed by atoms with E-state index < -0.39 is 23.7 Å². The maximum Gasteiger partial charge on any atom is 0.338 e. The van der Waals surface area contributed by atoms with Gasteiger partial charge in [-0.25, -0.2) is 9.18 Å². The summed E-state index contributed by atoms with van der Waals surface area (Å²) in [5.41, 5.74) is 0.837. The lowest BCUT2D eigenvalue weighted by molar-refractivity contribution is 0.0526. The highest BCUT2D eigenvalue weighted by molar-refractivity contribution is 6.10. The lowest BCUT2D eigenvalue weighted by Crippen LogP contribution is -2.30. The van der Waals surface area contributed by atoms with Gasteiger partial charge in [-0.05, 0) is 49.4 Å². The Morgan fingerprint density at radius 1 is 1.00 bits per heavy atom. The first-order valence-electron chi connectivity index (χ1n) is 10.4. The zero-order valence-electron chi connectivity index (χ0n) is 17.6. The first-order valence-corrected chi connectivity index (χ1v) is 10.4. The molecule has 1 atom stereocenters. The SMILES string of the molecule is CCOC(=O)c1ccc(N2C(=O)c3oc4ccccc4c(=O)c3C2c2ccccc2F)cc1. The van der Waals surface area contributed by atoms with E-state index in [9.17, 15) is 18.8 Å². The third-order valence-corrected chi connectivity index (χ3v) is 5.63. The smallest absolute Gasteiger partial charge is 0.338 e. The Morgan fingerprint density at radius 2 is 1.70 bits per heavy atom. The van der Waals surface area contributed by atoms with Crippen LogP contribution in [-0.4, -0.2) is 18.5 Å². The maximum atomic E-state index is 14.9. The Kier molecular flexibility index (Phi) is 5.01. The maximum absolute atomic E-state index is 14.9. The van der Waals surface area contributed by atoms with Crippen molar-refractivity contribution in [1.82, 2.24) is 0 Å². The van der Waals surface area contributed by atoms with Gasteiger partial charge in [-0.3, -0.25) is 14.5 Å². The van der Waals surface area contributed by atoms with E-state index in [4.69, 9.17) is 9.15 Å². The van der Waals surface area contributed by atoms with Crippen molar-refractivity contribution in [2.45, 2.75) is 13.0 Å². The van der Waals surface area contributed by atoms with Crippen LogP contribution in [0, 0.1) is 5.82 Å². The van der Waals surface area contributed by atoms with Crippen LogP contribution in [0.4, 0.5) is 10.1 Å². The van der Waals surface area contributed by atoms with Gasteiger partial charge in [0.15, 0.2) is 5.43 Å². The van der Waals surface area contributed by atoms with E-state index in [2.05, 4.69) is 0 Å². The van der Waals surface area contributed by atoms with Crippen LogP contribution in [0.1, 0.15) is 45.0 Å². The normalized spacial score (nSPS) is 15.0. The number of rotatable bonds is 4. The molecule has 3 aromatic carbocycles. The number of benzene rings is 3. The molecule has 0 aliphatic carbocycles.